The minimum Gasteiger partial charge on any atom is -0.466 e. The summed E-state index contributed by atoms with van der Waals surface area (Å²) in [5, 5.41) is 2.78. The van der Waals surface area contributed by atoms with Gasteiger partial charge in [-0.1, -0.05) is 11.3 Å². The maximum atomic E-state index is 13.5. The second-order valence-corrected chi connectivity index (χ2v) is 9.60. The number of urea groups is 1. The smallest absolute Gasteiger partial charge is 0.399 e. The van der Waals surface area contributed by atoms with Crippen LogP contribution in [-0.2, 0) is 19.7 Å². The lowest BCUT2D eigenvalue weighted by Crippen LogP contribution is -2.49. The van der Waals surface area contributed by atoms with E-state index in [0.717, 1.165) is 30.1 Å². The van der Waals surface area contributed by atoms with Crippen LogP contribution >= 0.6 is 11.3 Å². The van der Waals surface area contributed by atoms with E-state index < -0.39 is 41.5 Å². The highest BCUT2D eigenvalue weighted by Crippen LogP contribution is 2.41. The van der Waals surface area contributed by atoms with E-state index in [1.54, 1.807) is 19.9 Å². The molecule has 0 unspecified atom stereocenters. The first-order valence-corrected chi connectivity index (χ1v) is 11.6. The fraction of sp³-hybridized carbons (Fsp3) is 0.500. The third kappa shape index (κ3) is 5.24. The molecular weight excluding hydrogens is 487 g/mol. The van der Waals surface area contributed by atoms with Crippen LogP contribution in [0.4, 0.5) is 23.1 Å². The molecule has 0 aliphatic carbocycles. The molecule has 1 saturated heterocycles. The topological polar surface area (TPSA) is 128 Å². The number of primary amides is 1. The van der Waals surface area contributed by atoms with Crippen molar-refractivity contribution in [3.05, 3.63) is 29.7 Å². The Labute approximate surface area is 203 Å². The van der Waals surface area contributed by atoms with Crippen LogP contribution in [0.15, 0.2) is 18.3 Å². The zero-order valence-corrected chi connectivity index (χ0v) is 20.4. The van der Waals surface area contributed by atoms with Crippen LogP contribution in [0, 0.1) is 12.8 Å². The molecule has 2 aromatic heterocycles. The number of rotatable bonds is 6. The number of carbonyl (C=O) groups excluding carboxylic acids is 3. The lowest BCUT2D eigenvalue weighted by atomic mass is 9.87. The average Bonchev–Trinajstić information content (AvgIpc) is 3.37. The van der Waals surface area contributed by atoms with Crippen molar-refractivity contribution in [3.63, 3.8) is 0 Å². The third-order valence-corrected chi connectivity index (χ3v) is 7.04. The Balaban J connectivity index is 1.82. The SMILES string of the molecule is CCOC(=O)[C@@H]1CCN(C(=O)Nc2nc(C)c(-c3ccnc(C(C)(C)C(F)(F)F)c3)s2)[C@@H]1C(N)=O. The highest BCUT2D eigenvalue weighted by Gasteiger charge is 2.49. The van der Waals surface area contributed by atoms with E-state index in [1.165, 1.54) is 12.3 Å². The number of hydrogen-bond acceptors (Lipinski definition) is 7. The molecule has 1 fully saturated rings. The maximum absolute atomic E-state index is 13.5. The average molecular weight is 514 g/mol. The minimum atomic E-state index is -4.49. The summed E-state index contributed by atoms with van der Waals surface area (Å²) in [6.07, 6.45) is -2.97. The van der Waals surface area contributed by atoms with Gasteiger partial charge in [0.2, 0.25) is 5.91 Å². The molecule has 1 aliphatic heterocycles. The van der Waals surface area contributed by atoms with Crippen LogP contribution in [0.2, 0.25) is 0 Å². The molecule has 35 heavy (non-hydrogen) atoms. The van der Waals surface area contributed by atoms with Crippen molar-refractivity contribution < 1.29 is 32.3 Å². The van der Waals surface area contributed by atoms with Gasteiger partial charge in [0.15, 0.2) is 5.13 Å². The van der Waals surface area contributed by atoms with Gasteiger partial charge in [-0.15, -0.1) is 0 Å². The summed E-state index contributed by atoms with van der Waals surface area (Å²) < 4.78 is 45.4. The number of anilines is 1. The van der Waals surface area contributed by atoms with Gasteiger partial charge in [0, 0.05) is 12.7 Å². The molecule has 13 heteroatoms. The van der Waals surface area contributed by atoms with Crippen molar-refractivity contribution in [1.29, 1.82) is 0 Å². The highest BCUT2D eigenvalue weighted by molar-refractivity contribution is 7.19. The monoisotopic (exact) mass is 513 g/mol. The summed E-state index contributed by atoms with van der Waals surface area (Å²) in [6, 6.07) is 1.08. The van der Waals surface area contributed by atoms with E-state index in [2.05, 4.69) is 15.3 Å². The Kier molecular flexibility index (Phi) is 7.39. The van der Waals surface area contributed by atoms with E-state index in [9.17, 15) is 27.6 Å². The number of nitrogens with one attached hydrogen (secondary N) is 1. The Morgan fingerprint density at radius 2 is 2.00 bits per heavy atom. The summed E-state index contributed by atoms with van der Waals surface area (Å²) in [5.74, 6) is -2.29. The number of nitrogens with two attached hydrogens (primary N) is 1. The third-order valence-electron chi connectivity index (χ3n) is 5.92. The van der Waals surface area contributed by atoms with E-state index in [1.807, 2.05) is 0 Å². The summed E-state index contributed by atoms with van der Waals surface area (Å²) in [5.41, 5.74) is 4.12. The normalized spacial score (nSPS) is 18.4. The number of aryl methyl sites for hydroxylation is 1. The number of ether oxygens (including phenoxy) is 1. The number of carbonyl (C=O) groups is 3. The number of thiazole rings is 1. The molecule has 190 valence electrons. The Morgan fingerprint density at radius 1 is 1.31 bits per heavy atom. The molecule has 2 aromatic rings. The highest BCUT2D eigenvalue weighted by atomic mass is 32.1. The fourth-order valence-corrected chi connectivity index (χ4v) is 4.76. The van der Waals surface area contributed by atoms with Crippen molar-refractivity contribution in [2.75, 3.05) is 18.5 Å². The molecule has 3 heterocycles. The number of pyridine rings is 1. The molecular formula is C22H26F3N5O4S. The van der Waals surface area contributed by atoms with E-state index in [4.69, 9.17) is 10.5 Å². The molecule has 0 saturated carbocycles. The molecule has 0 spiro atoms. The first-order valence-electron chi connectivity index (χ1n) is 10.8. The fourth-order valence-electron chi connectivity index (χ4n) is 3.81. The van der Waals surface area contributed by atoms with Gasteiger partial charge in [-0.25, -0.2) is 9.78 Å². The predicted molar refractivity (Wildman–Crippen MR) is 123 cm³/mol. The van der Waals surface area contributed by atoms with Crippen LogP contribution in [0.25, 0.3) is 10.4 Å². The standard InChI is InChI=1S/C22H26F3N5O4S/c1-5-34-18(32)13-7-9-30(15(13)17(26)31)20(33)29-19-28-11(2)16(35-19)12-6-8-27-14(10-12)21(3,4)22(23,24)25/h6,8,10,13,15H,5,7,9H2,1-4H3,(H2,26,31)(H,28,29,33)/t13-,15+/m1/s1. The van der Waals surface area contributed by atoms with Crippen molar-refractivity contribution in [3.8, 4) is 10.4 Å². The molecule has 3 N–H and O–H groups in total. The van der Waals surface area contributed by atoms with Gasteiger partial charge in [-0.05, 0) is 51.8 Å². The molecule has 2 atom stereocenters. The summed E-state index contributed by atoms with van der Waals surface area (Å²) >= 11 is 1.06. The number of amides is 3. The predicted octanol–water partition coefficient (Wildman–Crippen LogP) is 3.62. The number of nitrogens with zero attached hydrogens (tertiary/aromatic N) is 3. The summed E-state index contributed by atoms with van der Waals surface area (Å²) in [4.78, 5) is 47.0. The van der Waals surface area contributed by atoms with Crippen molar-refractivity contribution in [2.24, 2.45) is 11.7 Å². The number of likely N-dealkylation sites (tertiary alicyclic amines) is 1. The van der Waals surface area contributed by atoms with Crippen LogP contribution in [0.1, 0.15) is 38.6 Å². The van der Waals surface area contributed by atoms with Crippen LogP contribution in [0.3, 0.4) is 0 Å². The molecule has 9 nitrogen and oxygen atoms in total. The van der Waals surface area contributed by atoms with Crippen molar-refractivity contribution in [1.82, 2.24) is 14.9 Å². The van der Waals surface area contributed by atoms with Crippen molar-refractivity contribution in [2.45, 2.75) is 51.7 Å². The minimum absolute atomic E-state index is 0.111. The number of aromatic nitrogens is 2. The van der Waals surface area contributed by atoms with Gasteiger partial charge < -0.3 is 15.4 Å². The Morgan fingerprint density at radius 3 is 2.60 bits per heavy atom. The van der Waals surface area contributed by atoms with Crippen LogP contribution in [0.5, 0.6) is 0 Å². The zero-order chi connectivity index (χ0) is 26.1. The largest absolute Gasteiger partial charge is 0.466 e. The first-order chi connectivity index (χ1) is 16.3. The van der Waals surface area contributed by atoms with Gasteiger partial charge in [0.1, 0.15) is 11.5 Å². The molecule has 3 rings (SSSR count). The number of halogens is 3. The van der Waals surface area contributed by atoms with Crippen molar-refractivity contribution >= 4 is 34.4 Å². The summed E-state index contributed by atoms with van der Waals surface area (Å²) in [7, 11) is 0. The molecule has 3 amide bonds. The van der Waals surface area contributed by atoms with Crippen LogP contribution in [-0.4, -0.2) is 58.1 Å². The quantitative estimate of drug-likeness (QED) is 0.568. The van der Waals surface area contributed by atoms with Gasteiger partial charge in [-0.3, -0.25) is 19.9 Å². The lowest BCUT2D eigenvalue weighted by molar-refractivity contribution is -0.181. The maximum Gasteiger partial charge on any atom is 0.399 e. The summed E-state index contributed by atoms with van der Waals surface area (Å²) in [6.45, 7) is 5.65. The second-order valence-electron chi connectivity index (χ2n) is 8.60. The first kappa shape index (κ1) is 26.4. The Hall–Kier alpha value is -3.22. The van der Waals surface area contributed by atoms with E-state index in [-0.39, 0.29) is 30.4 Å². The van der Waals surface area contributed by atoms with Gasteiger partial charge >= 0.3 is 18.2 Å². The second kappa shape index (κ2) is 9.80. The number of esters is 1. The van der Waals surface area contributed by atoms with E-state index >= 15 is 0 Å². The van der Waals surface area contributed by atoms with Crippen LogP contribution < -0.4 is 11.1 Å². The molecule has 0 aromatic carbocycles. The number of hydrogen-bond donors (Lipinski definition) is 2. The van der Waals surface area contributed by atoms with Gasteiger partial charge in [-0.2, -0.15) is 13.2 Å². The molecule has 0 radical (unpaired) electrons. The van der Waals surface area contributed by atoms with E-state index in [0.29, 0.717) is 16.1 Å². The number of alkyl halides is 3. The zero-order valence-electron chi connectivity index (χ0n) is 19.6. The lowest BCUT2D eigenvalue weighted by Gasteiger charge is -2.27. The molecule has 1 aliphatic rings. The molecule has 0 bridgehead atoms. The van der Waals surface area contributed by atoms with Gasteiger partial charge in [0.25, 0.3) is 0 Å². The van der Waals surface area contributed by atoms with Gasteiger partial charge in [0.05, 0.1) is 28.8 Å². The Bertz CT molecular complexity index is 1130.